The third-order valence-corrected chi connectivity index (χ3v) is 2.13. The molecule has 4 nitrogen and oxygen atoms in total. The van der Waals surface area contributed by atoms with E-state index < -0.39 is 0 Å². The van der Waals surface area contributed by atoms with Crippen molar-refractivity contribution in [1.82, 2.24) is 9.97 Å². The predicted molar refractivity (Wildman–Crippen MR) is 67.6 cm³/mol. The first-order valence-electron chi connectivity index (χ1n) is 5.41. The van der Waals surface area contributed by atoms with E-state index in [9.17, 15) is 0 Å². The van der Waals surface area contributed by atoms with Gasteiger partial charge in [0.25, 0.3) is 0 Å². The Morgan fingerprint density at radius 1 is 1.22 bits per heavy atom. The van der Waals surface area contributed by atoms with Gasteiger partial charge in [-0.05, 0) is 24.6 Å². The maximum Gasteiger partial charge on any atom is 0.226 e. The lowest BCUT2D eigenvalue weighted by Crippen LogP contribution is -1.97. The largest absolute Gasteiger partial charge is 0.464 e. The predicted octanol–water partition coefficient (Wildman–Crippen LogP) is 2.59. The molecule has 4 heteroatoms. The highest BCUT2D eigenvalue weighted by molar-refractivity contribution is 5.31. The lowest BCUT2D eigenvalue weighted by Gasteiger charge is -2.06. The molecule has 0 amide bonds. The van der Waals surface area contributed by atoms with Crippen LogP contribution in [0, 0.1) is 19.3 Å². The molecule has 0 spiro atoms. The maximum atomic E-state index is 5.60. The van der Waals surface area contributed by atoms with Gasteiger partial charge >= 0.3 is 0 Å². The van der Waals surface area contributed by atoms with Crippen molar-refractivity contribution >= 4 is 0 Å². The van der Waals surface area contributed by atoms with Crippen molar-refractivity contribution in [3.05, 3.63) is 42.2 Å². The molecule has 0 aliphatic rings. The second kappa shape index (κ2) is 5.69. The minimum atomic E-state index is 0.168. The second-order valence-corrected chi connectivity index (χ2v) is 3.61. The van der Waals surface area contributed by atoms with Gasteiger partial charge in [0.1, 0.15) is 12.1 Å². The van der Waals surface area contributed by atoms with E-state index in [0.29, 0.717) is 11.8 Å². The molecule has 0 unspecified atom stereocenters. The topological polar surface area (TPSA) is 44.2 Å². The number of rotatable bonds is 4. The van der Waals surface area contributed by atoms with Crippen molar-refractivity contribution in [2.45, 2.75) is 6.92 Å². The maximum absolute atomic E-state index is 5.60. The number of ether oxygens (including phenoxy) is 2. The van der Waals surface area contributed by atoms with E-state index in [0.717, 1.165) is 11.3 Å². The molecule has 0 aliphatic heterocycles. The third-order valence-electron chi connectivity index (χ3n) is 2.13. The third kappa shape index (κ3) is 3.22. The molecule has 0 atom stereocenters. The van der Waals surface area contributed by atoms with Crippen LogP contribution in [0.2, 0.25) is 0 Å². The summed E-state index contributed by atoms with van der Waals surface area (Å²) in [5.74, 6) is 3.90. The summed E-state index contributed by atoms with van der Waals surface area (Å²) >= 11 is 0. The van der Waals surface area contributed by atoms with E-state index in [1.165, 1.54) is 6.33 Å². The monoisotopic (exact) mass is 240 g/mol. The standard InChI is InChI=1S/C14H12N2O2/c1-3-7-17-13-9-14(16-10-15-13)18-12-6-4-5-11(2)8-12/h1,4-6,8-10H,7H2,2H3. The average Bonchev–Trinajstić information content (AvgIpc) is 2.37. The Morgan fingerprint density at radius 2 is 2.06 bits per heavy atom. The van der Waals surface area contributed by atoms with Gasteiger partial charge in [0.2, 0.25) is 11.8 Å². The highest BCUT2D eigenvalue weighted by atomic mass is 16.5. The van der Waals surface area contributed by atoms with Gasteiger partial charge in [-0.2, -0.15) is 0 Å². The number of hydrogen-bond donors (Lipinski definition) is 0. The average molecular weight is 240 g/mol. The van der Waals surface area contributed by atoms with Crippen molar-refractivity contribution in [1.29, 1.82) is 0 Å². The molecule has 1 aromatic carbocycles. The summed E-state index contributed by atoms with van der Waals surface area (Å²) in [5, 5.41) is 0. The molecule has 0 saturated carbocycles. The normalized spacial score (nSPS) is 9.56. The van der Waals surface area contributed by atoms with Gasteiger partial charge in [0.15, 0.2) is 6.61 Å². The Bertz CT molecular complexity index is 576. The number of hydrogen-bond acceptors (Lipinski definition) is 4. The van der Waals surface area contributed by atoms with Crippen LogP contribution in [0.5, 0.6) is 17.5 Å². The fourth-order valence-electron chi connectivity index (χ4n) is 1.37. The van der Waals surface area contributed by atoms with Crippen LogP contribution < -0.4 is 9.47 Å². The van der Waals surface area contributed by atoms with Crippen LogP contribution in [0.1, 0.15) is 5.56 Å². The van der Waals surface area contributed by atoms with Gasteiger partial charge in [-0.25, -0.2) is 9.97 Å². The summed E-state index contributed by atoms with van der Waals surface area (Å²) in [7, 11) is 0. The molecular weight excluding hydrogens is 228 g/mol. The quantitative estimate of drug-likeness (QED) is 0.770. The van der Waals surface area contributed by atoms with Gasteiger partial charge < -0.3 is 9.47 Å². The molecular formula is C14H12N2O2. The molecule has 0 radical (unpaired) electrons. The van der Waals surface area contributed by atoms with Crippen molar-refractivity contribution in [3.8, 4) is 29.9 Å². The van der Waals surface area contributed by atoms with E-state index in [1.54, 1.807) is 6.07 Å². The van der Waals surface area contributed by atoms with E-state index in [1.807, 2.05) is 31.2 Å². The molecule has 0 N–H and O–H groups in total. The molecule has 1 heterocycles. The highest BCUT2D eigenvalue weighted by Crippen LogP contribution is 2.22. The summed E-state index contributed by atoms with van der Waals surface area (Å²) < 4.78 is 10.8. The number of aromatic nitrogens is 2. The zero-order valence-electron chi connectivity index (χ0n) is 9.96. The van der Waals surface area contributed by atoms with E-state index in [4.69, 9.17) is 15.9 Å². The van der Waals surface area contributed by atoms with Crippen molar-refractivity contribution in [2.24, 2.45) is 0 Å². The molecule has 0 saturated heterocycles. The lowest BCUT2D eigenvalue weighted by atomic mass is 10.2. The molecule has 18 heavy (non-hydrogen) atoms. The summed E-state index contributed by atoms with van der Waals surface area (Å²) in [4.78, 5) is 7.93. The van der Waals surface area contributed by atoms with Gasteiger partial charge in [-0.1, -0.05) is 18.1 Å². The van der Waals surface area contributed by atoms with Gasteiger partial charge in [0, 0.05) is 0 Å². The number of nitrogens with zero attached hydrogens (tertiary/aromatic N) is 2. The van der Waals surface area contributed by atoms with Gasteiger partial charge in [-0.15, -0.1) is 6.42 Å². The van der Waals surface area contributed by atoms with Crippen molar-refractivity contribution in [3.63, 3.8) is 0 Å². The van der Waals surface area contributed by atoms with Crippen molar-refractivity contribution < 1.29 is 9.47 Å². The van der Waals surface area contributed by atoms with Crippen LogP contribution in [0.4, 0.5) is 0 Å². The first-order chi connectivity index (χ1) is 8.78. The number of benzene rings is 1. The summed E-state index contributed by atoms with van der Waals surface area (Å²) in [6.07, 6.45) is 6.48. The van der Waals surface area contributed by atoms with Crippen LogP contribution in [-0.4, -0.2) is 16.6 Å². The van der Waals surface area contributed by atoms with E-state index >= 15 is 0 Å². The molecule has 2 aromatic rings. The van der Waals surface area contributed by atoms with E-state index in [2.05, 4.69) is 15.9 Å². The first kappa shape index (κ1) is 11.9. The summed E-state index contributed by atoms with van der Waals surface area (Å²) in [6.45, 7) is 2.16. The summed E-state index contributed by atoms with van der Waals surface area (Å²) in [5.41, 5.74) is 1.12. The van der Waals surface area contributed by atoms with Gasteiger partial charge in [-0.3, -0.25) is 0 Å². The molecule has 90 valence electrons. The van der Waals surface area contributed by atoms with E-state index in [-0.39, 0.29) is 6.61 Å². The molecule has 0 bridgehead atoms. The second-order valence-electron chi connectivity index (χ2n) is 3.61. The molecule has 1 aromatic heterocycles. The molecule has 2 rings (SSSR count). The minimum absolute atomic E-state index is 0.168. The zero-order chi connectivity index (χ0) is 12.8. The van der Waals surface area contributed by atoms with Crippen LogP contribution in [0.25, 0.3) is 0 Å². The molecule has 0 aliphatic carbocycles. The summed E-state index contributed by atoms with van der Waals surface area (Å²) in [6, 6.07) is 9.29. The first-order valence-corrected chi connectivity index (χ1v) is 5.41. The number of terminal acetylenes is 1. The Balaban J connectivity index is 2.12. The Hall–Kier alpha value is -2.54. The smallest absolute Gasteiger partial charge is 0.226 e. The Morgan fingerprint density at radius 3 is 2.83 bits per heavy atom. The Labute approximate surface area is 106 Å². The van der Waals surface area contributed by atoms with Crippen LogP contribution in [0.15, 0.2) is 36.7 Å². The Kier molecular flexibility index (Phi) is 3.77. The van der Waals surface area contributed by atoms with Crippen LogP contribution in [0.3, 0.4) is 0 Å². The molecule has 0 fully saturated rings. The zero-order valence-corrected chi connectivity index (χ0v) is 9.96. The van der Waals surface area contributed by atoms with Crippen LogP contribution >= 0.6 is 0 Å². The lowest BCUT2D eigenvalue weighted by molar-refractivity contribution is 0.350. The highest BCUT2D eigenvalue weighted by Gasteiger charge is 2.02. The minimum Gasteiger partial charge on any atom is -0.464 e. The SMILES string of the molecule is C#CCOc1cc(Oc2cccc(C)c2)ncn1. The van der Waals surface area contributed by atoms with Gasteiger partial charge in [0.05, 0.1) is 6.07 Å². The van der Waals surface area contributed by atoms with Crippen LogP contribution in [-0.2, 0) is 0 Å². The fourth-order valence-corrected chi connectivity index (χ4v) is 1.37. The van der Waals surface area contributed by atoms with Crippen molar-refractivity contribution in [2.75, 3.05) is 6.61 Å². The number of aryl methyl sites for hydroxylation is 1. The fraction of sp³-hybridized carbons (Fsp3) is 0.143.